The van der Waals surface area contributed by atoms with Crippen LogP contribution in [0.2, 0.25) is 0 Å². The molecule has 0 radical (unpaired) electrons. The van der Waals surface area contributed by atoms with Gasteiger partial charge in [-0.3, -0.25) is 9.36 Å². The summed E-state index contributed by atoms with van der Waals surface area (Å²) in [6.45, 7) is 8.34. The zero-order valence-corrected chi connectivity index (χ0v) is 17.1. The Balaban J connectivity index is 1.82. The Morgan fingerprint density at radius 2 is 1.93 bits per heavy atom. The summed E-state index contributed by atoms with van der Waals surface area (Å²) in [5.41, 5.74) is 3.76. The number of rotatable bonds is 8. The van der Waals surface area contributed by atoms with Crippen LogP contribution in [-0.2, 0) is 6.54 Å². The quantitative estimate of drug-likeness (QED) is 0.315. The molecule has 0 unspecified atom stereocenters. The molecule has 0 fully saturated rings. The van der Waals surface area contributed by atoms with Crippen molar-refractivity contribution in [3.8, 4) is 17.1 Å². The molecule has 3 aromatic rings. The molecule has 0 aliphatic carbocycles. The second kappa shape index (κ2) is 8.89. The lowest BCUT2D eigenvalue weighted by atomic mass is 10.0. The van der Waals surface area contributed by atoms with Crippen molar-refractivity contribution in [2.75, 3.05) is 12.9 Å². The molecule has 2 aromatic carbocycles. The molecule has 0 spiro atoms. The molecule has 0 aliphatic heterocycles. The minimum atomic E-state index is 0.0883. The molecule has 0 aliphatic rings. The van der Waals surface area contributed by atoms with Gasteiger partial charge in [0.2, 0.25) is 0 Å². The molecule has 6 heteroatoms. The number of benzene rings is 2. The van der Waals surface area contributed by atoms with E-state index in [1.165, 1.54) is 11.8 Å². The average molecular weight is 394 g/mol. The lowest BCUT2D eigenvalue weighted by molar-refractivity contribution is 0.102. The number of carbonyl (C=O) groups excluding carboxylic acids is 1. The van der Waals surface area contributed by atoms with Gasteiger partial charge >= 0.3 is 0 Å². The van der Waals surface area contributed by atoms with Crippen LogP contribution in [0.15, 0.2) is 60.3 Å². The smallest absolute Gasteiger partial charge is 0.192 e. The molecule has 5 nitrogen and oxygen atoms in total. The van der Waals surface area contributed by atoms with Crippen LogP contribution in [0.3, 0.4) is 0 Å². The molecule has 144 valence electrons. The van der Waals surface area contributed by atoms with Crippen molar-refractivity contribution < 1.29 is 9.53 Å². The van der Waals surface area contributed by atoms with Crippen molar-refractivity contribution in [2.45, 2.75) is 25.5 Å². The van der Waals surface area contributed by atoms with Crippen LogP contribution in [0.25, 0.3) is 11.4 Å². The summed E-state index contributed by atoms with van der Waals surface area (Å²) in [5.74, 6) is 1.92. The predicted octanol–water partition coefficient (Wildman–Crippen LogP) is 4.73. The van der Waals surface area contributed by atoms with Gasteiger partial charge in [-0.25, -0.2) is 0 Å². The molecule has 28 heavy (non-hydrogen) atoms. The first-order valence-corrected chi connectivity index (χ1v) is 9.94. The van der Waals surface area contributed by atoms with Gasteiger partial charge in [-0.2, -0.15) is 0 Å². The number of nitrogens with zero attached hydrogens (tertiary/aromatic N) is 3. The fraction of sp³-hybridized carbons (Fsp3) is 0.227. The number of hydrogen-bond acceptors (Lipinski definition) is 5. The van der Waals surface area contributed by atoms with E-state index in [0.717, 1.165) is 33.8 Å². The molecule has 1 aromatic heterocycles. The van der Waals surface area contributed by atoms with E-state index in [-0.39, 0.29) is 5.78 Å². The molecule has 0 saturated carbocycles. The Morgan fingerprint density at radius 3 is 2.61 bits per heavy atom. The van der Waals surface area contributed by atoms with Crippen LogP contribution >= 0.6 is 11.8 Å². The van der Waals surface area contributed by atoms with Gasteiger partial charge in [0, 0.05) is 17.7 Å². The number of aryl methyl sites for hydroxylation is 2. The van der Waals surface area contributed by atoms with Gasteiger partial charge in [-0.15, -0.1) is 16.8 Å². The largest absolute Gasteiger partial charge is 0.497 e. The van der Waals surface area contributed by atoms with E-state index in [2.05, 4.69) is 16.8 Å². The fourth-order valence-corrected chi connectivity index (χ4v) is 3.72. The number of allylic oxidation sites excluding steroid dienone is 1. The molecular formula is C22H23N3O2S. The molecule has 0 bridgehead atoms. The summed E-state index contributed by atoms with van der Waals surface area (Å²) in [6.07, 6.45) is 1.80. The van der Waals surface area contributed by atoms with Gasteiger partial charge in [-0.1, -0.05) is 35.5 Å². The number of aromatic nitrogens is 3. The number of ether oxygens (including phenoxy) is 1. The van der Waals surface area contributed by atoms with E-state index in [1.54, 1.807) is 13.2 Å². The predicted molar refractivity (Wildman–Crippen MR) is 113 cm³/mol. The zero-order valence-electron chi connectivity index (χ0n) is 16.3. The van der Waals surface area contributed by atoms with Gasteiger partial charge in [0.15, 0.2) is 16.8 Å². The van der Waals surface area contributed by atoms with E-state index in [0.29, 0.717) is 17.5 Å². The fourth-order valence-electron chi connectivity index (χ4n) is 2.89. The average Bonchev–Trinajstić information content (AvgIpc) is 3.11. The van der Waals surface area contributed by atoms with E-state index in [4.69, 9.17) is 4.74 Å². The summed E-state index contributed by atoms with van der Waals surface area (Å²) in [7, 11) is 1.64. The third-order valence-electron chi connectivity index (χ3n) is 4.40. The lowest BCUT2D eigenvalue weighted by Crippen LogP contribution is -2.07. The van der Waals surface area contributed by atoms with E-state index in [1.807, 2.05) is 60.9 Å². The molecule has 1 heterocycles. The zero-order chi connectivity index (χ0) is 20.1. The Hall–Kier alpha value is -2.86. The third-order valence-corrected chi connectivity index (χ3v) is 5.37. The van der Waals surface area contributed by atoms with Crippen LogP contribution in [0.4, 0.5) is 0 Å². The number of hydrogen-bond donors (Lipinski definition) is 0. The number of ketones is 1. The van der Waals surface area contributed by atoms with Gasteiger partial charge in [0.1, 0.15) is 5.75 Å². The number of methoxy groups -OCH3 is 1. The summed E-state index contributed by atoms with van der Waals surface area (Å²) < 4.78 is 7.18. The molecule has 0 amide bonds. The summed E-state index contributed by atoms with van der Waals surface area (Å²) in [6, 6.07) is 13.6. The van der Waals surface area contributed by atoms with Crippen LogP contribution < -0.4 is 4.74 Å². The molecule has 3 rings (SSSR count). The van der Waals surface area contributed by atoms with Gasteiger partial charge in [-0.05, 0) is 49.7 Å². The Morgan fingerprint density at radius 1 is 1.18 bits per heavy atom. The first-order valence-electron chi connectivity index (χ1n) is 8.95. The van der Waals surface area contributed by atoms with E-state index >= 15 is 0 Å². The van der Waals surface area contributed by atoms with Crippen molar-refractivity contribution in [1.82, 2.24) is 14.8 Å². The first kappa shape index (κ1) is 19.9. The molecular weight excluding hydrogens is 370 g/mol. The Bertz CT molecular complexity index is 994. The second-order valence-corrected chi connectivity index (χ2v) is 7.41. The Labute approximate surface area is 169 Å². The van der Waals surface area contributed by atoms with E-state index in [9.17, 15) is 4.79 Å². The van der Waals surface area contributed by atoms with Crippen molar-refractivity contribution >= 4 is 17.5 Å². The Kier molecular flexibility index (Phi) is 6.31. The van der Waals surface area contributed by atoms with Crippen LogP contribution in [0.1, 0.15) is 21.5 Å². The summed E-state index contributed by atoms with van der Waals surface area (Å²) in [5, 5.41) is 9.34. The molecule has 0 N–H and O–H groups in total. The molecule has 0 saturated heterocycles. The van der Waals surface area contributed by atoms with Gasteiger partial charge in [0.25, 0.3) is 0 Å². The standard InChI is InChI=1S/C22H23N3O2S/c1-5-12-25-21(17-8-10-18(27-4)11-9-17)23-24-22(25)28-14-20(26)19-13-15(2)6-7-16(19)3/h5-11,13H,1,12,14H2,2-4H3. The maximum atomic E-state index is 12.7. The highest BCUT2D eigenvalue weighted by molar-refractivity contribution is 7.99. The van der Waals surface area contributed by atoms with Crippen LogP contribution in [0, 0.1) is 13.8 Å². The topological polar surface area (TPSA) is 57.0 Å². The number of carbonyl (C=O) groups is 1. The maximum absolute atomic E-state index is 12.7. The highest BCUT2D eigenvalue weighted by Gasteiger charge is 2.16. The van der Waals surface area contributed by atoms with E-state index < -0.39 is 0 Å². The summed E-state index contributed by atoms with van der Waals surface area (Å²) in [4.78, 5) is 12.7. The highest BCUT2D eigenvalue weighted by atomic mass is 32.2. The minimum absolute atomic E-state index is 0.0883. The highest BCUT2D eigenvalue weighted by Crippen LogP contribution is 2.26. The molecule has 0 atom stereocenters. The number of Topliss-reactive ketones (excluding diaryl/α,β-unsaturated/α-hetero) is 1. The van der Waals surface area contributed by atoms with Gasteiger partial charge in [0.05, 0.1) is 12.9 Å². The SMILES string of the molecule is C=CCn1c(SCC(=O)c2cc(C)ccc2C)nnc1-c1ccc(OC)cc1. The van der Waals surface area contributed by atoms with Crippen molar-refractivity contribution in [2.24, 2.45) is 0 Å². The van der Waals surface area contributed by atoms with Crippen molar-refractivity contribution in [3.05, 3.63) is 71.8 Å². The normalized spacial score (nSPS) is 10.7. The third kappa shape index (κ3) is 4.34. The van der Waals surface area contributed by atoms with Crippen molar-refractivity contribution in [3.63, 3.8) is 0 Å². The first-order chi connectivity index (χ1) is 13.5. The number of thioether (sulfide) groups is 1. The second-order valence-electron chi connectivity index (χ2n) is 6.46. The monoisotopic (exact) mass is 393 g/mol. The minimum Gasteiger partial charge on any atom is -0.497 e. The lowest BCUT2D eigenvalue weighted by Gasteiger charge is -2.09. The van der Waals surface area contributed by atoms with Gasteiger partial charge < -0.3 is 4.74 Å². The maximum Gasteiger partial charge on any atom is 0.192 e. The van der Waals surface area contributed by atoms with Crippen molar-refractivity contribution in [1.29, 1.82) is 0 Å². The van der Waals surface area contributed by atoms with Crippen LogP contribution in [0.5, 0.6) is 5.75 Å². The van der Waals surface area contributed by atoms with Crippen LogP contribution in [-0.4, -0.2) is 33.4 Å². The summed E-state index contributed by atoms with van der Waals surface area (Å²) >= 11 is 1.39.